The SMILES string of the molecule is Cc1cc(C)cc(Cc2cc(C)cc(C)c2)c1.Cc1cc(C)cc(Cc2ccccc2)c1.Cc1ccc(Cc2cc(C)cc(C)c2)cc1.Cc1cccc(Cc2cc(C)cc(C)c2)c1. The molecule has 0 aromatic heterocycles. The maximum Gasteiger partial charge on any atom is -0.00254 e. The zero-order valence-corrected chi connectivity index (χ0v) is 41.0. The van der Waals surface area contributed by atoms with Crippen molar-refractivity contribution in [2.45, 2.75) is 109 Å². The molecule has 0 fully saturated rings. The second-order valence-electron chi connectivity index (χ2n) is 18.6. The molecule has 0 spiro atoms. The highest BCUT2D eigenvalue weighted by Crippen LogP contribution is 2.19. The van der Waals surface area contributed by atoms with E-state index in [4.69, 9.17) is 0 Å². The van der Waals surface area contributed by atoms with Gasteiger partial charge in [-0.2, -0.15) is 0 Å². The summed E-state index contributed by atoms with van der Waals surface area (Å²) in [6.07, 6.45) is 4.13. The van der Waals surface area contributed by atoms with Gasteiger partial charge in [-0.05, 0) is 153 Å². The molecule has 8 aromatic rings. The van der Waals surface area contributed by atoms with Crippen molar-refractivity contribution in [1.29, 1.82) is 0 Å². The fourth-order valence-corrected chi connectivity index (χ4v) is 8.92. The Morgan fingerprint density at radius 2 is 0.422 bits per heavy atom. The van der Waals surface area contributed by atoms with Crippen LogP contribution in [0, 0.1) is 83.1 Å². The van der Waals surface area contributed by atoms with E-state index in [2.05, 4.69) is 253 Å². The maximum absolute atomic E-state index is 2.28. The van der Waals surface area contributed by atoms with Crippen LogP contribution in [0.4, 0.5) is 0 Å². The summed E-state index contributed by atoms with van der Waals surface area (Å²) in [6.45, 7) is 25.9. The molecule has 0 bridgehead atoms. The number of hydrogen-bond acceptors (Lipinski definition) is 0. The van der Waals surface area contributed by atoms with E-state index in [0.29, 0.717) is 0 Å². The quantitative estimate of drug-likeness (QED) is 0.143. The van der Waals surface area contributed by atoms with Gasteiger partial charge in [0.25, 0.3) is 0 Å². The van der Waals surface area contributed by atoms with Gasteiger partial charge in [0.05, 0.1) is 0 Å². The summed E-state index contributed by atoms with van der Waals surface area (Å²) in [4.78, 5) is 0. The van der Waals surface area contributed by atoms with Gasteiger partial charge >= 0.3 is 0 Å². The predicted octanol–water partition coefficient (Wildman–Crippen LogP) is 16.8. The topological polar surface area (TPSA) is 0 Å². The summed E-state index contributed by atoms with van der Waals surface area (Å²) in [5.41, 5.74) is 27.3. The van der Waals surface area contributed by atoms with Crippen LogP contribution in [-0.2, 0) is 25.7 Å². The van der Waals surface area contributed by atoms with Crippen LogP contribution >= 0.6 is 0 Å². The number of rotatable bonds is 8. The fraction of sp³-hybridized carbons (Fsp3) is 0.250. The largest absolute Gasteiger partial charge is 0.0622 e. The first-order chi connectivity index (χ1) is 30.5. The Morgan fingerprint density at radius 1 is 0.172 bits per heavy atom. The first-order valence-electron chi connectivity index (χ1n) is 23.0. The van der Waals surface area contributed by atoms with Crippen molar-refractivity contribution < 1.29 is 0 Å². The van der Waals surface area contributed by atoms with Crippen molar-refractivity contribution in [2.75, 3.05) is 0 Å². The lowest BCUT2D eigenvalue weighted by atomic mass is 9.98. The molecule has 328 valence electrons. The minimum Gasteiger partial charge on any atom is -0.0622 e. The minimum atomic E-state index is 1.03. The fourth-order valence-electron chi connectivity index (χ4n) is 8.92. The van der Waals surface area contributed by atoms with Crippen LogP contribution < -0.4 is 0 Å². The second-order valence-corrected chi connectivity index (χ2v) is 18.6. The van der Waals surface area contributed by atoms with Gasteiger partial charge < -0.3 is 0 Å². The molecule has 0 saturated carbocycles. The molecule has 0 radical (unpaired) electrons. The lowest BCUT2D eigenvalue weighted by Crippen LogP contribution is -1.92. The van der Waals surface area contributed by atoms with Gasteiger partial charge in [0.15, 0.2) is 0 Å². The van der Waals surface area contributed by atoms with Gasteiger partial charge in [0.1, 0.15) is 0 Å². The van der Waals surface area contributed by atoms with E-state index in [0.717, 1.165) is 25.7 Å². The first kappa shape index (κ1) is 48.8. The van der Waals surface area contributed by atoms with Crippen molar-refractivity contribution >= 4 is 0 Å². The zero-order chi connectivity index (χ0) is 46.2. The molecule has 0 aliphatic rings. The van der Waals surface area contributed by atoms with E-state index in [1.54, 1.807) is 0 Å². The van der Waals surface area contributed by atoms with Crippen LogP contribution in [0.5, 0.6) is 0 Å². The molecule has 64 heavy (non-hydrogen) atoms. The highest BCUT2D eigenvalue weighted by atomic mass is 14.1. The highest BCUT2D eigenvalue weighted by Gasteiger charge is 2.03. The van der Waals surface area contributed by atoms with Gasteiger partial charge in [-0.3, -0.25) is 0 Å². The molecule has 0 unspecified atom stereocenters. The Morgan fingerprint density at radius 3 is 0.734 bits per heavy atom. The van der Waals surface area contributed by atoms with Crippen LogP contribution in [0.15, 0.2) is 170 Å². The molecule has 0 heteroatoms. The summed E-state index contributed by atoms with van der Waals surface area (Å²) in [5.74, 6) is 0. The molecule has 8 rings (SSSR count). The van der Waals surface area contributed by atoms with E-state index in [1.165, 1.54) is 111 Å². The van der Waals surface area contributed by atoms with Crippen LogP contribution in [0.3, 0.4) is 0 Å². The van der Waals surface area contributed by atoms with E-state index in [9.17, 15) is 0 Å². The Bertz CT molecular complexity index is 2560. The highest BCUT2D eigenvalue weighted by molar-refractivity contribution is 5.38. The van der Waals surface area contributed by atoms with Crippen LogP contribution in [-0.4, -0.2) is 0 Å². The lowest BCUT2D eigenvalue weighted by molar-refractivity contribution is 1.15. The minimum absolute atomic E-state index is 1.03. The standard InChI is InChI=1S/C17H20.2C16H18.C15H16/c1-12-5-13(2)8-16(7-12)11-17-9-14(3)6-15(4)10-17;1-12-4-6-15(7-5-12)11-16-9-13(2)8-14(3)10-16;1-12-5-4-6-15(8-12)11-16-9-13(2)7-14(3)10-16;1-12-8-13(2)10-15(9-12)11-14-6-4-3-5-7-14/h5-10H,11H2,1-4H3;2*4-10H,11H2,1-3H3;3-10H,11H2,1-2H3. The van der Waals surface area contributed by atoms with Crippen molar-refractivity contribution in [3.8, 4) is 0 Å². The van der Waals surface area contributed by atoms with Crippen molar-refractivity contribution in [1.82, 2.24) is 0 Å². The number of hydrogen-bond donors (Lipinski definition) is 0. The van der Waals surface area contributed by atoms with Crippen LogP contribution in [0.25, 0.3) is 0 Å². The van der Waals surface area contributed by atoms with Crippen molar-refractivity contribution in [3.63, 3.8) is 0 Å². The van der Waals surface area contributed by atoms with Crippen LogP contribution in [0.2, 0.25) is 0 Å². The normalized spacial score (nSPS) is 10.4. The smallest absolute Gasteiger partial charge is 0.00254 e. The number of aryl methyl sites for hydroxylation is 12. The van der Waals surface area contributed by atoms with Gasteiger partial charge in [0, 0.05) is 0 Å². The van der Waals surface area contributed by atoms with Crippen molar-refractivity contribution in [2.24, 2.45) is 0 Å². The Hall–Kier alpha value is -6.24. The Kier molecular flexibility index (Phi) is 18.3. The second kappa shape index (κ2) is 24.0. The van der Waals surface area contributed by atoms with E-state index >= 15 is 0 Å². The maximum atomic E-state index is 2.28. The summed E-state index contributed by atoms with van der Waals surface area (Å²) >= 11 is 0. The van der Waals surface area contributed by atoms with Gasteiger partial charge in [-0.1, -0.05) is 237 Å². The average molecular weight is 841 g/mol. The molecule has 0 heterocycles. The molecule has 0 N–H and O–H groups in total. The molecular weight excluding hydrogens is 769 g/mol. The summed E-state index contributed by atoms with van der Waals surface area (Å²) < 4.78 is 0. The Balaban J connectivity index is 0.000000161. The van der Waals surface area contributed by atoms with Gasteiger partial charge in [-0.15, -0.1) is 0 Å². The molecule has 0 atom stereocenters. The molecule has 0 aliphatic carbocycles. The summed E-state index contributed by atoms with van der Waals surface area (Å²) in [7, 11) is 0. The summed E-state index contributed by atoms with van der Waals surface area (Å²) in [5, 5.41) is 0. The average Bonchev–Trinajstić information content (AvgIpc) is 3.18. The zero-order valence-electron chi connectivity index (χ0n) is 41.0. The monoisotopic (exact) mass is 841 g/mol. The number of benzene rings is 8. The first-order valence-corrected chi connectivity index (χ1v) is 23.0. The van der Waals surface area contributed by atoms with E-state index < -0.39 is 0 Å². The third-order valence-electron chi connectivity index (χ3n) is 11.1. The molecular formula is C64H72. The lowest BCUT2D eigenvalue weighted by Gasteiger charge is -2.07. The molecule has 0 saturated heterocycles. The van der Waals surface area contributed by atoms with Gasteiger partial charge in [0.2, 0.25) is 0 Å². The molecule has 8 aromatic carbocycles. The van der Waals surface area contributed by atoms with E-state index in [-0.39, 0.29) is 0 Å². The van der Waals surface area contributed by atoms with Crippen molar-refractivity contribution in [3.05, 3.63) is 281 Å². The Labute approximate surface area is 388 Å². The molecule has 0 nitrogen and oxygen atoms in total. The summed E-state index contributed by atoms with van der Waals surface area (Å²) in [6, 6.07) is 62.0. The molecule has 0 amide bonds. The predicted molar refractivity (Wildman–Crippen MR) is 280 cm³/mol. The van der Waals surface area contributed by atoms with Crippen LogP contribution in [0.1, 0.15) is 111 Å². The van der Waals surface area contributed by atoms with E-state index in [1.807, 2.05) is 0 Å². The van der Waals surface area contributed by atoms with Gasteiger partial charge in [-0.25, -0.2) is 0 Å². The third-order valence-corrected chi connectivity index (χ3v) is 11.1. The third kappa shape index (κ3) is 17.5. The molecule has 0 aliphatic heterocycles.